The number of hydrogen-bond acceptors (Lipinski definition) is 5. The highest BCUT2D eigenvalue weighted by atomic mass is 35.5. The fourth-order valence-electron chi connectivity index (χ4n) is 3.55. The minimum absolute atomic E-state index is 0. The minimum atomic E-state index is -3.59. The number of rotatable bonds is 3. The molecule has 9 heteroatoms. The van der Waals surface area contributed by atoms with E-state index in [0.717, 1.165) is 13.1 Å². The van der Waals surface area contributed by atoms with E-state index >= 15 is 0 Å². The van der Waals surface area contributed by atoms with Gasteiger partial charge in [-0.25, -0.2) is 8.42 Å². The average Bonchev–Trinajstić information content (AvgIpc) is 2.61. The van der Waals surface area contributed by atoms with Crippen molar-refractivity contribution in [1.82, 2.24) is 14.5 Å². The molecule has 0 bridgehead atoms. The van der Waals surface area contributed by atoms with Crippen LogP contribution in [0.2, 0.25) is 0 Å². The number of halogens is 1. The molecular weight excluding hydrogens is 390 g/mol. The monoisotopic (exact) mass is 417 g/mol. The molecule has 0 spiro atoms. The summed E-state index contributed by atoms with van der Waals surface area (Å²) in [6.45, 7) is 8.62. The SMILES string of the molecule is CC1CN(S(=O)(=O)c2ccc(C(=O)N3CCNCC3C)cc2)CC(C)O1.Cl. The number of amides is 1. The van der Waals surface area contributed by atoms with E-state index in [9.17, 15) is 13.2 Å². The Labute approximate surface area is 167 Å². The molecule has 0 aromatic heterocycles. The van der Waals surface area contributed by atoms with E-state index in [1.807, 2.05) is 25.7 Å². The lowest BCUT2D eigenvalue weighted by Crippen LogP contribution is -2.52. The van der Waals surface area contributed by atoms with Crippen molar-refractivity contribution in [3.63, 3.8) is 0 Å². The molecular formula is C18H28ClN3O4S. The molecule has 1 aromatic rings. The molecule has 1 aromatic carbocycles. The van der Waals surface area contributed by atoms with E-state index in [4.69, 9.17) is 4.74 Å². The molecule has 3 rings (SSSR count). The molecule has 3 atom stereocenters. The summed E-state index contributed by atoms with van der Waals surface area (Å²) < 4.78 is 32.8. The second-order valence-corrected chi connectivity index (χ2v) is 9.09. The van der Waals surface area contributed by atoms with Gasteiger partial charge in [0.05, 0.1) is 17.1 Å². The number of sulfonamides is 1. The number of piperazine rings is 1. The summed E-state index contributed by atoms with van der Waals surface area (Å²) in [5.41, 5.74) is 0.515. The van der Waals surface area contributed by atoms with Gasteiger partial charge in [-0.3, -0.25) is 4.79 Å². The Balaban J connectivity index is 0.00000261. The van der Waals surface area contributed by atoms with Crippen LogP contribution < -0.4 is 5.32 Å². The van der Waals surface area contributed by atoms with E-state index < -0.39 is 10.0 Å². The van der Waals surface area contributed by atoms with Gasteiger partial charge in [-0.15, -0.1) is 12.4 Å². The Morgan fingerprint density at radius 3 is 2.26 bits per heavy atom. The molecule has 152 valence electrons. The van der Waals surface area contributed by atoms with Gasteiger partial charge in [0.15, 0.2) is 0 Å². The summed E-state index contributed by atoms with van der Waals surface area (Å²) in [5.74, 6) is -0.0587. The maximum Gasteiger partial charge on any atom is 0.254 e. The molecule has 0 saturated carbocycles. The molecule has 1 amide bonds. The van der Waals surface area contributed by atoms with Crippen LogP contribution in [0.5, 0.6) is 0 Å². The van der Waals surface area contributed by atoms with Gasteiger partial charge < -0.3 is 15.0 Å². The Hall–Kier alpha value is -1.19. The van der Waals surface area contributed by atoms with Crippen LogP contribution in [0, 0.1) is 0 Å². The van der Waals surface area contributed by atoms with Gasteiger partial charge in [-0.1, -0.05) is 0 Å². The molecule has 1 N–H and O–H groups in total. The smallest absolute Gasteiger partial charge is 0.254 e. The van der Waals surface area contributed by atoms with Crippen molar-refractivity contribution in [1.29, 1.82) is 0 Å². The number of morpholine rings is 1. The third kappa shape index (κ3) is 4.81. The Kier molecular flexibility index (Phi) is 7.27. The first kappa shape index (κ1) is 22.1. The second-order valence-electron chi connectivity index (χ2n) is 7.16. The number of carbonyl (C=O) groups excluding carboxylic acids is 1. The highest BCUT2D eigenvalue weighted by Crippen LogP contribution is 2.22. The molecule has 0 radical (unpaired) electrons. The standard InChI is InChI=1S/C18H27N3O4S.ClH/c1-13-10-19-8-9-21(13)18(22)16-4-6-17(7-5-16)26(23,24)20-11-14(2)25-15(3)12-20;/h4-7,13-15,19H,8-12H2,1-3H3;1H. The van der Waals surface area contributed by atoms with Crippen LogP contribution in [0.4, 0.5) is 0 Å². The van der Waals surface area contributed by atoms with Crippen molar-refractivity contribution in [2.24, 2.45) is 0 Å². The molecule has 7 nitrogen and oxygen atoms in total. The third-order valence-corrected chi connectivity index (χ3v) is 6.73. The van der Waals surface area contributed by atoms with Gasteiger partial charge in [0.2, 0.25) is 10.0 Å². The van der Waals surface area contributed by atoms with Crippen molar-refractivity contribution >= 4 is 28.3 Å². The Morgan fingerprint density at radius 2 is 1.70 bits per heavy atom. The van der Waals surface area contributed by atoms with Crippen molar-refractivity contribution in [3.8, 4) is 0 Å². The molecule has 27 heavy (non-hydrogen) atoms. The molecule has 2 aliphatic heterocycles. The number of ether oxygens (including phenoxy) is 1. The van der Waals surface area contributed by atoms with Gasteiger partial charge in [0, 0.05) is 44.3 Å². The highest BCUT2D eigenvalue weighted by Gasteiger charge is 2.32. The summed E-state index contributed by atoms with van der Waals surface area (Å²) in [7, 11) is -3.59. The van der Waals surface area contributed by atoms with Crippen molar-refractivity contribution in [3.05, 3.63) is 29.8 Å². The molecule has 2 fully saturated rings. The predicted octanol–water partition coefficient (Wildman–Crippen LogP) is 1.34. The maximum absolute atomic E-state index is 12.9. The normalized spacial score (nSPS) is 27.1. The molecule has 2 aliphatic rings. The quantitative estimate of drug-likeness (QED) is 0.802. The zero-order chi connectivity index (χ0) is 18.9. The molecule has 0 aliphatic carbocycles. The van der Waals surface area contributed by atoms with Crippen LogP contribution >= 0.6 is 12.4 Å². The molecule has 3 unspecified atom stereocenters. The van der Waals surface area contributed by atoms with Crippen LogP contribution in [0.1, 0.15) is 31.1 Å². The van der Waals surface area contributed by atoms with Crippen LogP contribution in [0.15, 0.2) is 29.2 Å². The van der Waals surface area contributed by atoms with Crippen molar-refractivity contribution < 1.29 is 17.9 Å². The van der Waals surface area contributed by atoms with Crippen LogP contribution in [0.3, 0.4) is 0 Å². The lowest BCUT2D eigenvalue weighted by atomic mass is 10.1. The summed E-state index contributed by atoms with van der Waals surface area (Å²) in [5, 5.41) is 3.25. The summed E-state index contributed by atoms with van der Waals surface area (Å²) in [4.78, 5) is 14.7. The number of nitrogens with zero attached hydrogens (tertiary/aromatic N) is 2. The first-order valence-electron chi connectivity index (χ1n) is 9.06. The number of carbonyl (C=O) groups is 1. The van der Waals surface area contributed by atoms with Crippen LogP contribution in [0.25, 0.3) is 0 Å². The summed E-state index contributed by atoms with van der Waals surface area (Å²) >= 11 is 0. The first-order valence-corrected chi connectivity index (χ1v) is 10.5. The van der Waals surface area contributed by atoms with Gasteiger partial charge >= 0.3 is 0 Å². The highest BCUT2D eigenvalue weighted by molar-refractivity contribution is 7.89. The fraction of sp³-hybridized carbons (Fsp3) is 0.611. The zero-order valence-corrected chi connectivity index (χ0v) is 17.6. The largest absolute Gasteiger partial charge is 0.373 e. The molecule has 2 heterocycles. The first-order chi connectivity index (χ1) is 12.3. The Morgan fingerprint density at radius 1 is 1.11 bits per heavy atom. The topological polar surface area (TPSA) is 79.0 Å². The zero-order valence-electron chi connectivity index (χ0n) is 15.9. The van der Waals surface area contributed by atoms with Crippen LogP contribution in [-0.4, -0.2) is 74.5 Å². The summed E-state index contributed by atoms with van der Waals surface area (Å²) in [6, 6.07) is 6.39. The number of benzene rings is 1. The van der Waals surface area contributed by atoms with Gasteiger partial charge in [-0.05, 0) is 45.0 Å². The maximum atomic E-state index is 12.9. The van der Waals surface area contributed by atoms with E-state index in [0.29, 0.717) is 25.2 Å². The van der Waals surface area contributed by atoms with E-state index in [-0.39, 0.29) is 41.5 Å². The minimum Gasteiger partial charge on any atom is -0.373 e. The van der Waals surface area contributed by atoms with E-state index in [1.54, 1.807) is 12.1 Å². The van der Waals surface area contributed by atoms with Gasteiger partial charge in [0.1, 0.15) is 0 Å². The van der Waals surface area contributed by atoms with E-state index in [1.165, 1.54) is 16.4 Å². The number of hydrogen-bond donors (Lipinski definition) is 1. The Bertz CT molecular complexity index is 746. The predicted molar refractivity (Wildman–Crippen MR) is 106 cm³/mol. The third-order valence-electron chi connectivity index (χ3n) is 4.89. The van der Waals surface area contributed by atoms with Crippen molar-refractivity contribution in [2.45, 2.75) is 43.9 Å². The fourth-order valence-corrected chi connectivity index (χ4v) is 5.14. The van der Waals surface area contributed by atoms with E-state index in [2.05, 4.69) is 5.32 Å². The average molecular weight is 418 g/mol. The lowest BCUT2D eigenvalue weighted by molar-refractivity contribution is -0.0440. The van der Waals surface area contributed by atoms with Gasteiger partial charge in [0.25, 0.3) is 5.91 Å². The van der Waals surface area contributed by atoms with Crippen molar-refractivity contribution in [2.75, 3.05) is 32.7 Å². The lowest BCUT2D eigenvalue weighted by Gasteiger charge is -2.34. The molecule has 2 saturated heterocycles. The number of nitrogens with one attached hydrogen (secondary N) is 1. The van der Waals surface area contributed by atoms with Crippen LogP contribution in [-0.2, 0) is 14.8 Å². The second kappa shape index (κ2) is 8.87. The van der Waals surface area contributed by atoms with Gasteiger partial charge in [-0.2, -0.15) is 4.31 Å². The summed E-state index contributed by atoms with van der Waals surface area (Å²) in [6.07, 6.45) is -0.271.